The lowest BCUT2D eigenvalue weighted by atomic mass is 9.74. The number of hydrogen-bond acceptors (Lipinski definition) is 9. The Kier molecular flexibility index (Phi) is 7.10. The molecule has 5 rings (SSSR count). The van der Waals surface area contributed by atoms with Crippen molar-refractivity contribution in [1.29, 1.82) is 5.26 Å². The molecule has 3 heterocycles. The van der Waals surface area contributed by atoms with E-state index in [0.29, 0.717) is 30.3 Å². The molecule has 0 amide bonds. The Morgan fingerprint density at radius 3 is 2.29 bits per heavy atom. The lowest BCUT2D eigenvalue weighted by Crippen LogP contribution is -2.42. The van der Waals surface area contributed by atoms with E-state index in [0.717, 1.165) is 17.4 Å². The van der Waals surface area contributed by atoms with Gasteiger partial charge in [-0.05, 0) is 60.4 Å². The predicted molar refractivity (Wildman–Crippen MR) is 143 cm³/mol. The van der Waals surface area contributed by atoms with Gasteiger partial charge in [0.2, 0.25) is 5.89 Å². The number of anilines is 1. The normalized spacial score (nSPS) is 16.7. The average molecular weight is 609 g/mol. The van der Waals surface area contributed by atoms with Crippen molar-refractivity contribution in [2.75, 3.05) is 25.1 Å². The quantitative estimate of drug-likeness (QED) is 0.186. The molecular formula is C27H25F5N6O3S. The van der Waals surface area contributed by atoms with E-state index in [1.165, 1.54) is 6.07 Å². The van der Waals surface area contributed by atoms with Crippen LogP contribution in [0.3, 0.4) is 0 Å². The molecular weight excluding hydrogens is 583 g/mol. The van der Waals surface area contributed by atoms with E-state index in [9.17, 15) is 24.7 Å². The van der Waals surface area contributed by atoms with E-state index in [4.69, 9.17) is 13.9 Å². The van der Waals surface area contributed by atoms with Crippen LogP contribution in [-0.2, 0) is 23.4 Å². The zero-order valence-corrected chi connectivity index (χ0v) is 23.0. The van der Waals surface area contributed by atoms with Gasteiger partial charge in [0.15, 0.2) is 5.82 Å². The molecule has 2 aromatic heterocycles. The smallest absolute Gasteiger partial charge is 0.310 e. The molecule has 0 saturated carbocycles. The summed E-state index contributed by atoms with van der Waals surface area (Å²) in [7, 11) is -8.29. The summed E-state index contributed by atoms with van der Waals surface area (Å²) in [5.41, 5.74) is -0.168. The van der Waals surface area contributed by atoms with Gasteiger partial charge in [-0.25, -0.2) is 0 Å². The van der Waals surface area contributed by atoms with Gasteiger partial charge < -0.3 is 18.8 Å². The zero-order chi connectivity index (χ0) is 30.1. The summed E-state index contributed by atoms with van der Waals surface area (Å²) >= 11 is 0. The Bertz CT molecular complexity index is 1600. The molecule has 0 bridgehead atoms. The Balaban J connectivity index is 1.20. The molecule has 0 radical (unpaired) electrons. The first kappa shape index (κ1) is 29.2. The summed E-state index contributed by atoms with van der Waals surface area (Å²) in [5.74, 6) is 1.60. The van der Waals surface area contributed by atoms with Crippen LogP contribution in [-0.4, -0.2) is 40.6 Å². The van der Waals surface area contributed by atoms with Gasteiger partial charge in [0.25, 0.3) is 5.89 Å². The molecule has 0 atom stereocenters. The number of hydrogen-bond donors (Lipinski definition) is 0. The standard InChI is InChI=1S/C27H25F5N6O3S/c1-39-21-7-5-19(6-8-21)16-40-17-25-36-37-26(41-25)23-9-10-24(35-34-23)38-13-11-27(18-33,12-14-38)20-3-2-4-22(15-20)42(28,29,30,31)32/h2-10,15H,11-14,16-17H2,1H3. The van der Waals surface area contributed by atoms with Gasteiger partial charge in [-0.15, -0.1) is 20.4 Å². The van der Waals surface area contributed by atoms with Crippen molar-refractivity contribution in [1.82, 2.24) is 20.4 Å². The van der Waals surface area contributed by atoms with Gasteiger partial charge in [-0.1, -0.05) is 43.7 Å². The maximum absolute atomic E-state index is 13.4. The molecule has 1 fully saturated rings. The first-order chi connectivity index (χ1) is 19.8. The molecule has 0 aliphatic carbocycles. The molecule has 222 valence electrons. The highest BCUT2D eigenvalue weighted by atomic mass is 32.5. The number of ether oxygens (including phenoxy) is 2. The molecule has 2 aromatic carbocycles. The molecule has 0 spiro atoms. The molecule has 15 heteroatoms. The summed E-state index contributed by atoms with van der Waals surface area (Å²) in [6.45, 7) is 0.918. The number of benzene rings is 2. The predicted octanol–water partition coefficient (Wildman–Crippen LogP) is 6.97. The fourth-order valence-electron chi connectivity index (χ4n) is 4.62. The number of piperidine rings is 1. The van der Waals surface area contributed by atoms with E-state index in [2.05, 4.69) is 26.5 Å². The minimum absolute atomic E-state index is 0.0861. The Morgan fingerprint density at radius 1 is 0.929 bits per heavy atom. The van der Waals surface area contributed by atoms with Crippen LogP contribution in [0.5, 0.6) is 5.75 Å². The Morgan fingerprint density at radius 2 is 1.67 bits per heavy atom. The SMILES string of the molecule is COc1ccc(COCc2nnc(-c3ccc(N4CCC(C#N)(c5cccc(S(F)(F)(F)(F)F)c5)CC4)nn3)o2)cc1. The molecule has 9 nitrogen and oxygen atoms in total. The molecule has 42 heavy (non-hydrogen) atoms. The van der Waals surface area contributed by atoms with Crippen LogP contribution in [0.4, 0.5) is 25.2 Å². The third-order valence-corrected chi connectivity index (χ3v) is 8.12. The topological polar surface area (TPSA) is 110 Å². The summed E-state index contributed by atoms with van der Waals surface area (Å²) in [6.07, 6.45) is 0.223. The van der Waals surface area contributed by atoms with Crippen molar-refractivity contribution in [3.8, 4) is 23.4 Å². The lowest BCUT2D eigenvalue weighted by Gasteiger charge is -2.42. The maximum Gasteiger partial charge on any atom is 0.310 e. The summed E-state index contributed by atoms with van der Waals surface area (Å²) in [4.78, 5) is -0.188. The van der Waals surface area contributed by atoms with Gasteiger partial charge >= 0.3 is 10.2 Å². The van der Waals surface area contributed by atoms with Crippen molar-refractivity contribution in [3.63, 3.8) is 0 Å². The van der Waals surface area contributed by atoms with Gasteiger partial charge in [0, 0.05) is 13.1 Å². The fraction of sp³-hybridized carbons (Fsp3) is 0.296. The van der Waals surface area contributed by atoms with Crippen molar-refractivity contribution >= 4 is 16.0 Å². The lowest BCUT2D eigenvalue weighted by molar-refractivity contribution is 0.0898. The largest absolute Gasteiger partial charge is 0.497 e. The van der Waals surface area contributed by atoms with Crippen molar-refractivity contribution in [2.24, 2.45) is 0 Å². The fourth-order valence-corrected chi connectivity index (χ4v) is 5.30. The highest BCUT2D eigenvalue weighted by Crippen LogP contribution is 3.02. The third-order valence-electron chi connectivity index (χ3n) is 6.98. The van der Waals surface area contributed by atoms with Crippen LogP contribution in [0.2, 0.25) is 0 Å². The molecule has 1 aliphatic heterocycles. The van der Waals surface area contributed by atoms with Crippen LogP contribution < -0.4 is 9.64 Å². The third kappa shape index (κ3) is 6.44. The van der Waals surface area contributed by atoms with Gasteiger partial charge in [0.1, 0.15) is 22.9 Å². The van der Waals surface area contributed by atoms with Gasteiger partial charge in [-0.2, -0.15) is 5.26 Å². The number of nitriles is 1. The number of methoxy groups -OCH3 is 1. The van der Waals surface area contributed by atoms with E-state index >= 15 is 0 Å². The van der Waals surface area contributed by atoms with Crippen LogP contribution in [0, 0.1) is 11.3 Å². The summed E-state index contributed by atoms with van der Waals surface area (Å²) in [6, 6.07) is 15.7. The molecule has 0 N–H and O–H groups in total. The van der Waals surface area contributed by atoms with E-state index < -0.39 is 20.5 Å². The monoisotopic (exact) mass is 608 g/mol. The summed E-state index contributed by atoms with van der Waals surface area (Å²) in [5, 5.41) is 26.2. The highest BCUT2D eigenvalue weighted by Gasteiger charge is 2.65. The van der Waals surface area contributed by atoms with Gasteiger partial charge in [0.05, 0.1) is 25.2 Å². The highest BCUT2D eigenvalue weighted by molar-refractivity contribution is 8.45. The average Bonchev–Trinajstić information content (AvgIpc) is 3.45. The second-order valence-electron chi connectivity index (χ2n) is 9.80. The molecule has 0 unspecified atom stereocenters. The number of aromatic nitrogens is 4. The second kappa shape index (κ2) is 10.2. The maximum atomic E-state index is 13.4. The number of nitrogens with zero attached hydrogens (tertiary/aromatic N) is 6. The Hall–Kier alpha value is -4.29. The second-order valence-corrected chi connectivity index (χ2v) is 12.2. The Labute approximate surface area is 237 Å². The first-order valence-electron chi connectivity index (χ1n) is 12.7. The van der Waals surface area contributed by atoms with Crippen molar-refractivity contribution in [2.45, 2.75) is 36.4 Å². The van der Waals surface area contributed by atoms with E-state index in [1.807, 2.05) is 29.2 Å². The van der Waals surface area contributed by atoms with Crippen LogP contribution >= 0.6 is 10.2 Å². The minimum Gasteiger partial charge on any atom is -0.497 e. The van der Waals surface area contributed by atoms with Gasteiger partial charge in [-0.3, -0.25) is 0 Å². The minimum atomic E-state index is -9.88. The van der Waals surface area contributed by atoms with E-state index in [-0.39, 0.29) is 49.9 Å². The van der Waals surface area contributed by atoms with Crippen LogP contribution in [0.15, 0.2) is 70.0 Å². The summed E-state index contributed by atoms with van der Waals surface area (Å²) < 4.78 is 83.2. The van der Waals surface area contributed by atoms with Crippen LogP contribution in [0.25, 0.3) is 11.6 Å². The van der Waals surface area contributed by atoms with Crippen LogP contribution in [0.1, 0.15) is 29.9 Å². The van der Waals surface area contributed by atoms with Crippen molar-refractivity contribution in [3.05, 3.63) is 77.7 Å². The first-order valence-corrected chi connectivity index (χ1v) is 14.6. The van der Waals surface area contributed by atoms with E-state index in [1.54, 1.807) is 19.2 Å². The molecule has 1 saturated heterocycles. The van der Waals surface area contributed by atoms with Crippen molar-refractivity contribution < 1.29 is 33.3 Å². The number of rotatable bonds is 9. The molecule has 1 aliphatic rings. The molecule has 4 aromatic rings. The zero-order valence-electron chi connectivity index (χ0n) is 22.2. The number of halogens is 5.